The second-order valence-electron chi connectivity index (χ2n) is 4.99. The number of rotatable bonds is 3. The summed E-state index contributed by atoms with van der Waals surface area (Å²) in [4.78, 5) is 16.6. The van der Waals surface area contributed by atoms with Gasteiger partial charge in [0.05, 0.1) is 10.7 Å². The monoisotopic (exact) mass is 254 g/mol. The molecule has 17 heavy (non-hydrogen) atoms. The summed E-state index contributed by atoms with van der Waals surface area (Å²) in [6, 6.07) is -0.836. The van der Waals surface area contributed by atoms with Crippen molar-refractivity contribution in [3.05, 3.63) is 15.6 Å². The second kappa shape index (κ2) is 4.74. The van der Waals surface area contributed by atoms with Crippen molar-refractivity contribution in [1.82, 2.24) is 4.98 Å². The van der Waals surface area contributed by atoms with Crippen LogP contribution in [0.5, 0.6) is 0 Å². The Hall–Kier alpha value is -0.940. The molecule has 0 aromatic carbocycles. The number of carboxylic acid groups (broad SMARTS) is 1. The summed E-state index contributed by atoms with van der Waals surface area (Å²) >= 11 is 1.63. The fourth-order valence-corrected chi connectivity index (χ4v) is 3.41. The summed E-state index contributed by atoms with van der Waals surface area (Å²) in [6.07, 6.45) is 2.42. The van der Waals surface area contributed by atoms with Crippen LogP contribution in [0.25, 0.3) is 0 Å². The van der Waals surface area contributed by atoms with Gasteiger partial charge in [-0.05, 0) is 24.7 Å². The van der Waals surface area contributed by atoms with Crippen LogP contribution in [-0.4, -0.2) is 22.1 Å². The predicted octanol–water partition coefficient (Wildman–Crippen LogP) is 1.47. The normalized spacial score (nSPS) is 25.4. The SMILES string of the molecule is CC1Cc2nc(C[C@H](N)C(=O)O)sc2CC1C. The van der Waals surface area contributed by atoms with E-state index in [1.54, 1.807) is 11.3 Å². The number of fused-ring (bicyclic) bond motifs is 1. The molecule has 0 bridgehead atoms. The average molecular weight is 254 g/mol. The molecule has 1 aromatic heterocycles. The lowest BCUT2D eigenvalue weighted by atomic mass is 9.83. The van der Waals surface area contributed by atoms with Gasteiger partial charge in [-0.25, -0.2) is 4.98 Å². The van der Waals surface area contributed by atoms with Crippen molar-refractivity contribution in [3.63, 3.8) is 0 Å². The third kappa shape index (κ3) is 2.66. The van der Waals surface area contributed by atoms with Gasteiger partial charge in [-0.15, -0.1) is 11.3 Å². The largest absolute Gasteiger partial charge is 0.480 e. The van der Waals surface area contributed by atoms with Crippen molar-refractivity contribution in [1.29, 1.82) is 0 Å². The lowest BCUT2D eigenvalue weighted by Gasteiger charge is -2.24. The van der Waals surface area contributed by atoms with Crippen LogP contribution < -0.4 is 5.73 Å². The van der Waals surface area contributed by atoms with Crippen LogP contribution in [0.1, 0.15) is 29.4 Å². The number of hydrogen-bond acceptors (Lipinski definition) is 4. The summed E-state index contributed by atoms with van der Waals surface area (Å²) in [6.45, 7) is 4.51. The standard InChI is InChI=1S/C12H18N2O2S/c1-6-3-9-10(4-7(6)2)17-11(14-9)5-8(13)12(15)16/h6-8H,3-5,13H2,1-2H3,(H,15,16)/t6?,7?,8-/m0/s1. The molecule has 0 spiro atoms. The fraction of sp³-hybridized carbons (Fsp3) is 0.667. The number of aromatic nitrogens is 1. The molecule has 0 aliphatic heterocycles. The van der Waals surface area contributed by atoms with E-state index in [4.69, 9.17) is 10.8 Å². The quantitative estimate of drug-likeness (QED) is 0.856. The molecular weight excluding hydrogens is 236 g/mol. The number of hydrogen-bond donors (Lipinski definition) is 2. The molecule has 1 aliphatic rings. The van der Waals surface area contributed by atoms with Crippen LogP contribution in [0.3, 0.4) is 0 Å². The maximum absolute atomic E-state index is 10.7. The minimum atomic E-state index is -0.958. The Morgan fingerprint density at radius 2 is 2.18 bits per heavy atom. The Bertz CT molecular complexity index is 403. The summed E-state index contributed by atoms with van der Waals surface area (Å²) in [5.74, 6) is 0.384. The van der Waals surface area contributed by atoms with Gasteiger partial charge in [0, 0.05) is 11.3 Å². The van der Waals surface area contributed by atoms with E-state index in [0.717, 1.165) is 23.5 Å². The van der Waals surface area contributed by atoms with Gasteiger partial charge in [0.2, 0.25) is 0 Å². The zero-order chi connectivity index (χ0) is 12.6. The van der Waals surface area contributed by atoms with Gasteiger partial charge in [-0.1, -0.05) is 13.8 Å². The highest BCUT2D eigenvalue weighted by atomic mass is 32.1. The van der Waals surface area contributed by atoms with E-state index < -0.39 is 12.0 Å². The molecule has 3 N–H and O–H groups in total. The smallest absolute Gasteiger partial charge is 0.320 e. The van der Waals surface area contributed by atoms with E-state index >= 15 is 0 Å². The van der Waals surface area contributed by atoms with E-state index in [1.165, 1.54) is 4.88 Å². The van der Waals surface area contributed by atoms with Crippen molar-refractivity contribution in [2.45, 2.75) is 39.2 Å². The average Bonchev–Trinajstić information content (AvgIpc) is 2.60. The van der Waals surface area contributed by atoms with Gasteiger partial charge < -0.3 is 10.8 Å². The fourth-order valence-electron chi connectivity index (χ4n) is 2.12. The molecule has 0 saturated carbocycles. The zero-order valence-electron chi connectivity index (χ0n) is 10.1. The first kappa shape index (κ1) is 12.5. The molecule has 3 atom stereocenters. The number of aliphatic carboxylic acids is 1. The molecule has 1 aromatic rings. The van der Waals surface area contributed by atoms with E-state index in [0.29, 0.717) is 18.3 Å². The van der Waals surface area contributed by atoms with E-state index in [1.807, 2.05) is 0 Å². The molecule has 1 heterocycles. The maximum Gasteiger partial charge on any atom is 0.320 e. The van der Waals surface area contributed by atoms with Gasteiger partial charge in [0.1, 0.15) is 6.04 Å². The van der Waals surface area contributed by atoms with E-state index in [9.17, 15) is 4.79 Å². The Labute approximate surface area is 105 Å². The molecule has 0 fully saturated rings. The first-order chi connectivity index (χ1) is 7.97. The second-order valence-corrected chi connectivity index (χ2v) is 6.16. The van der Waals surface area contributed by atoms with Gasteiger partial charge >= 0.3 is 5.97 Å². The van der Waals surface area contributed by atoms with Crippen LogP contribution in [0, 0.1) is 11.8 Å². The van der Waals surface area contributed by atoms with E-state index in [-0.39, 0.29) is 0 Å². The number of carbonyl (C=O) groups is 1. The number of nitrogens with zero attached hydrogens (tertiary/aromatic N) is 1. The highest BCUT2D eigenvalue weighted by molar-refractivity contribution is 7.11. The van der Waals surface area contributed by atoms with Gasteiger partial charge in [0.15, 0.2) is 0 Å². The number of thiazole rings is 1. The summed E-state index contributed by atoms with van der Waals surface area (Å²) in [5, 5.41) is 9.65. The molecule has 0 saturated heterocycles. The molecule has 2 unspecified atom stereocenters. The summed E-state index contributed by atoms with van der Waals surface area (Å²) < 4.78 is 0. The van der Waals surface area contributed by atoms with Gasteiger partial charge in [0.25, 0.3) is 0 Å². The Morgan fingerprint density at radius 3 is 2.82 bits per heavy atom. The van der Waals surface area contributed by atoms with Crippen molar-refractivity contribution in [2.24, 2.45) is 17.6 Å². The number of carboxylic acids is 1. The van der Waals surface area contributed by atoms with Crippen LogP contribution >= 0.6 is 11.3 Å². The molecule has 1 aliphatic carbocycles. The minimum absolute atomic E-state index is 0.343. The van der Waals surface area contributed by atoms with Crippen LogP contribution in [0.4, 0.5) is 0 Å². The summed E-state index contributed by atoms with van der Waals surface area (Å²) in [5.41, 5.74) is 6.69. The summed E-state index contributed by atoms with van der Waals surface area (Å²) in [7, 11) is 0. The van der Waals surface area contributed by atoms with Gasteiger partial charge in [-0.2, -0.15) is 0 Å². The van der Waals surface area contributed by atoms with Crippen LogP contribution in [-0.2, 0) is 24.1 Å². The van der Waals surface area contributed by atoms with Crippen molar-refractivity contribution < 1.29 is 9.90 Å². The maximum atomic E-state index is 10.7. The Morgan fingerprint density at radius 1 is 1.53 bits per heavy atom. The first-order valence-electron chi connectivity index (χ1n) is 5.93. The molecular formula is C12H18N2O2S. The molecule has 4 nitrogen and oxygen atoms in total. The van der Waals surface area contributed by atoms with Gasteiger partial charge in [-0.3, -0.25) is 4.79 Å². The Kier molecular flexibility index (Phi) is 3.49. The highest BCUT2D eigenvalue weighted by Gasteiger charge is 2.26. The van der Waals surface area contributed by atoms with Crippen LogP contribution in [0.15, 0.2) is 0 Å². The molecule has 94 valence electrons. The third-order valence-electron chi connectivity index (χ3n) is 3.53. The lowest BCUT2D eigenvalue weighted by Crippen LogP contribution is -2.32. The topological polar surface area (TPSA) is 76.2 Å². The molecule has 2 rings (SSSR count). The van der Waals surface area contributed by atoms with Crippen molar-refractivity contribution >= 4 is 17.3 Å². The predicted molar refractivity (Wildman–Crippen MR) is 67.2 cm³/mol. The molecule has 5 heteroatoms. The zero-order valence-corrected chi connectivity index (χ0v) is 11.0. The third-order valence-corrected chi connectivity index (χ3v) is 4.67. The van der Waals surface area contributed by atoms with Crippen molar-refractivity contribution in [2.75, 3.05) is 0 Å². The van der Waals surface area contributed by atoms with Crippen molar-refractivity contribution in [3.8, 4) is 0 Å². The minimum Gasteiger partial charge on any atom is -0.480 e. The van der Waals surface area contributed by atoms with Crippen LogP contribution in [0.2, 0.25) is 0 Å². The first-order valence-corrected chi connectivity index (χ1v) is 6.75. The molecule has 0 radical (unpaired) electrons. The highest BCUT2D eigenvalue weighted by Crippen LogP contribution is 2.33. The lowest BCUT2D eigenvalue weighted by molar-refractivity contribution is -0.138. The number of nitrogens with two attached hydrogens (primary N) is 1. The van der Waals surface area contributed by atoms with E-state index in [2.05, 4.69) is 18.8 Å². The Balaban J connectivity index is 2.13. The molecule has 0 amide bonds.